The fourth-order valence-corrected chi connectivity index (χ4v) is 3.56. The van der Waals surface area contributed by atoms with Crippen molar-refractivity contribution in [3.63, 3.8) is 0 Å². The largest absolute Gasteiger partial charge is 0.497 e. The van der Waals surface area contributed by atoms with Gasteiger partial charge >= 0.3 is 17.7 Å². The van der Waals surface area contributed by atoms with E-state index in [1.54, 1.807) is 13.2 Å². The van der Waals surface area contributed by atoms with Gasteiger partial charge in [0.1, 0.15) is 24.5 Å². The second kappa shape index (κ2) is 10.5. The van der Waals surface area contributed by atoms with Crippen molar-refractivity contribution in [2.24, 2.45) is 0 Å². The number of methoxy groups -OCH3 is 1. The maximum atomic E-state index is 12.2. The number of rotatable bonds is 8. The molecule has 0 bridgehead atoms. The third kappa shape index (κ3) is 5.53. The van der Waals surface area contributed by atoms with E-state index in [0.29, 0.717) is 22.3 Å². The van der Waals surface area contributed by atoms with Crippen LogP contribution in [-0.2, 0) is 27.5 Å². The highest BCUT2D eigenvalue weighted by atomic mass is 16.5. The molecule has 34 heavy (non-hydrogen) atoms. The van der Waals surface area contributed by atoms with Gasteiger partial charge in [0.15, 0.2) is 0 Å². The minimum atomic E-state index is -0.622. The standard InChI is InChI=1S/C26H23NO7/c1-31-20-9-7-18-8-10-22-25(21(18)14-20)19(13-24(29)34-22)16-32-23(28)11-12-27-26(30)33-15-17-5-3-2-4-6-17/h2-10,13-14H,11-12,15-16H2,1H3,(H,27,30). The van der Waals surface area contributed by atoms with Crippen LogP contribution in [0.1, 0.15) is 17.5 Å². The van der Waals surface area contributed by atoms with Crippen LogP contribution in [0.3, 0.4) is 0 Å². The lowest BCUT2D eigenvalue weighted by molar-refractivity contribution is -0.144. The number of benzene rings is 3. The molecule has 4 rings (SSSR count). The van der Waals surface area contributed by atoms with Gasteiger partial charge in [0.25, 0.3) is 0 Å². The minimum absolute atomic E-state index is 0.0472. The highest BCUT2D eigenvalue weighted by Crippen LogP contribution is 2.30. The van der Waals surface area contributed by atoms with Crippen molar-refractivity contribution in [2.45, 2.75) is 19.6 Å². The second-order valence-electron chi connectivity index (χ2n) is 7.52. The topological polar surface area (TPSA) is 104 Å². The first-order valence-electron chi connectivity index (χ1n) is 10.7. The normalized spacial score (nSPS) is 10.7. The van der Waals surface area contributed by atoms with E-state index in [0.717, 1.165) is 16.3 Å². The van der Waals surface area contributed by atoms with Gasteiger partial charge in [0, 0.05) is 23.6 Å². The van der Waals surface area contributed by atoms with Crippen LogP contribution < -0.4 is 15.7 Å². The van der Waals surface area contributed by atoms with Gasteiger partial charge in [0.05, 0.1) is 13.5 Å². The monoisotopic (exact) mass is 461 g/mol. The number of ether oxygens (including phenoxy) is 3. The molecule has 0 aliphatic heterocycles. The number of alkyl carbamates (subject to hydrolysis) is 1. The molecule has 174 valence electrons. The van der Waals surface area contributed by atoms with Crippen LogP contribution in [0, 0.1) is 0 Å². The second-order valence-corrected chi connectivity index (χ2v) is 7.52. The molecule has 0 aliphatic rings. The third-order valence-electron chi connectivity index (χ3n) is 5.21. The van der Waals surface area contributed by atoms with Gasteiger partial charge in [-0.25, -0.2) is 9.59 Å². The molecule has 0 unspecified atom stereocenters. The summed E-state index contributed by atoms with van der Waals surface area (Å²) in [4.78, 5) is 36.0. The molecule has 1 aromatic heterocycles. The average Bonchev–Trinajstić information content (AvgIpc) is 2.85. The molecule has 0 aliphatic carbocycles. The molecule has 0 fully saturated rings. The summed E-state index contributed by atoms with van der Waals surface area (Å²) >= 11 is 0. The Labute approximate surface area is 195 Å². The Morgan fingerprint density at radius 2 is 1.74 bits per heavy atom. The van der Waals surface area contributed by atoms with Crippen molar-refractivity contribution in [1.82, 2.24) is 5.32 Å². The zero-order chi connectivity index (χ0) is 23.9. The van der Waals surface area contributed by atoms with Crippen LogP contribution in [0.2, 0.25) is 0 Å². The summed E-state index contributed by atoms with van der Waals surface area (Å²) in [6.07, 6.45) is -0.669. The van der Waals surface area contributed by atoms with Gasteiger partial charge in [0.2, 0.25) is 0 Å². The van der Waals surface area contributed by atoms with Crippen molar-refractivity contribution in [3.05, 3.63) is 88.3 Å². The summed E-state index contributed by atoms with van der Waals surface area (Å²) in [6.45, 7) is 0.0828. The average molecular weight is 461 g/mol. The van der Waals surface area contributed by atoms with E-state index in [1.807, 2.05) is 54.6 Å². The lowest BCUT2D eigenvalue weighted by atomic mass is 10.0. The SMILES string of the molecule is COc1ccc2ccc3oc(=O)cc(COC(=O)CCNC(=O)OCc4ccccc4)c3c2c1. The highest BCUT2D eigenvalue weighted by molar-refractivity contribution is 6.07. The molecule has 0 radical (unpaired) electrons. The molecule has 0 atom stereocenters. The maximum absolute atomic E-state index is 12.2. The van der Waals surface area contributed by atoms with Crippen LogP contribution >= 0.6 is 0 Å². The third-order valence-corrected chi connectivity index (χ3v) is 5.21. The lowest BCUT2D eigenvalue weighted by Gasteiger charge is -2.11. The molecule has 0 saturated carbocycles. The van der Waals surface area contributed by atoms with Crippen molar-refractivity contribution in [1.29, 1.82) is 0 Å². The van der Waals surface area contributed by atoms with Gasteiger partial charge in [-0.1, -0.05) is 42.5 Å². The van der Waals surface area contributed by atoms with Crippen LogP contribution in [0.15, 0.2) is 75.9 Å². The summed E-state index contributed by atoms with van der Waals surface area (Å²) in [7, 11) is 1.57. The summed E-state index contributed by atoms with van der Waals surface area (Å²) in [5.41, 5.74) is 1.24. The first kappa shape index (κ1) is 22.8. The number of hydrogen-bond donors (Lipinski definition) is 1. The molecule has 0 saturated heterocycles. The smallest absolute Gasteiger partial charge is 0.407 e. The van der Waals surface area contributed by atoms with E-state index in [-0.39, 0.29) is 26.2 Å². The number of fused-ring (bicyclic) bond motifs is 3. The molecule has 8 nitrogen and oxygen atoms in total. The Morgan fingerprint density at radius 1 is 0.941 bits per heavy atom. The predicted molar refractivity (Wildman–Crippen MR) is 126 cm³/mol. The zero-order valence-corrected chi connectivity index (χ0v) is 18.5. The fourth-order valence-electron chi connectivity index (χ4n) is 3.56. The number of esters is 1. The molecular formula is C26H23NO7. The van der Waals surface area contributed by atoms with Crippen LogP contribution in [0.25, 0.3) is 21.7 Å². The first-order valence-corrected chi connectivity index (χ1v) is 10.7. The van der Waals surface area contributed by atoms with Crippen LogP contribution in [0.5, 0.6) is 5.75 Å². The van der Waals surface area contributed by atoms with E-state index >= 15 is 0 Å². The number of nitrogens with one attached hydrogen (secondary N) is 1. The lowest BCUT2D eigenvalue weighted by Crippen LogP contribution is -2.27. The van der Waals surface area contributed by atoms with Gasteiger partial charge in [-0.3, -0.25) is 4.79 Å². The number of carbonyl (C=O) groups excluding carboxylic acids is 2. The predicted octanol–water partition coefficient (Wildman–Crippen LogP) is 4.31. The van der Waals surface area contributed by atoms with Crippen molar-refractivity contribution in [3.8, 4) is 5.75 Å². The van der Waals surface area contributed by atoms with E-state index in [1.165, 1.54) is 6.07 Å². The number of carbonyl (C=O) groups is 2. The molecular weight excluding hydrogens is 438 g/mol. The van der Waals surface area contributed by atoms with E-state index in [2.05, 4.69) is 5.32 Å². The molecule has 1 N–H and O–H groups in total. The Hall–Kier alpha value is -4.33. The van der Waals surface area contributed by atoms with E-state index in [4.69, 9.17) is 18.6 Å². The molecule has 4 aromatic rings. The summed E-state index contributed by atoms with van der Waals surface area (Å²) in [5, 5.41) is 4.93. The zero-order valence-electron chi connectivity index (χ0n) is 18.5. The van der Waals surface area contributed by atoms with E-state index in [9.17, 15) is 14.4 Å². The minimum Gasteiger partial charge on any atom is -0.497 e. The summed E-state index contributed by atoms with van der Waals surface area (Å²) in [5.74, 6) is 0.127. The molecule has 0 spiro atoms. The Kier molecular flexibility index (Phi) is 7.07. The Balaban J connectivity index is 1.37. The van der Waals surface area contributed by atoms with Crippen LogP contribution in [-0.4, -0.2) is 25.7 Å². The molecule has 3 aromatic carbocycles. The summed E-state index contributed by atoms with van der Waals surface area (Å²) < 4.78 is 21.1. The highest BCUT2D eigenvalue weighted by Gasteiger charge is 2.13. The fraction of sp³-hybridized carbons (Fsp3) is 0.192. The van der Waals surface area contributed by atoms with Gasteiger partial charge < -0.3 is 23.9 Å². The van der Waals surface area contributed by atoms with E-state index < -0.39 is 17.7 Å². The van der Waals surface area contributed by atoms with Gasteiger partial charge in [-0.2, -0.15) is 0 Å². The van der Waals surface area contributed by atoms with Gasteiger partial charge in [-0.15, -0.1) is 0 Å². The quantitative estimate of drug-likeness (QED) is 0.237. The molecule has 8 heteroatoms. The molecule has 1 amide bonds. The van der Waals surface area contributed by atoms with Crippen LogP contribution in [0.4, 0.5) is 4.79 Å². The van der Waals surface area contributed by atoms with Crippen molar-refractivity contribution < 1.29 is 28.2 Å². The Bertz CT molecular complexity index is 1380. The van der Waals surface area contributed by atoms with Crippen molar-refractivity contribution >= 4 is 33.8 Å². The first-order chi connectivity index (χ1) is 16.5. The number of hydrogen-bond acceptors (Lipinski definition) is 7. The molecule has 1 heterocycles. The van der Waals surface area contributed by atoms with Gasteiger partial charge in [-0.05, 0) is 34.5 Å². The Morgan fingerprint density at radius 3 is 2.53 bits per heavy atom. The summed E-state index contributed by atoms with van der Waals surface area (Å²) in [6, 6.07) is 19.7. The maximum Gasteiger partial charge on any atom is 0.407 e. The number of amides is 1. The van der Waals surface area contributed by atoms with Crippen molar-refractivity contribution in [2.75, 3.05) is 13.7 Å².